The lowest BCUT2D eigenvalue weighted by Crippen LogP contribution is -2.28. The molecule has 0 fully saturated rings. The molecule has 0 bridgehead atoms. The van der Waals surface area contributed by atoms with Crippen molar-refractivity contribution in [3.8, 4) is 22.3 Å². The number of rotatable bonds is 6. The first-order valence-corrected chi connectivity index (χ1v) is 18.9. The molecule has 0 saturated heterocycles. The van der Waals surface area contributed by atoms with Gasteiger partial charge in [-0.15, -0.1) is 0 Å². The SMILES string of the molecule is c1ccc(-c2cccc3c2-c2ccc(N(c4ccc5ccccc5c4)c4ccc5c(c4)oc4ccccc45)cc2C3(c2ccccc2)c2ccccc2)cc1. The van der Waals surface area contributed by atoms with Crippen molar-refractivity contribution < 1.29 is 4.42 Å². The molecule has 0 unspecified atom stereocenters. The molecule has 258 valence electrons. The summed E-state index contributed by atoms with van der Waals surface area (Å²) in [5.74, 6) is 0. The summed E-state index contributed by atoms with van der Waals surface area (Å²) in [6.45, 7) is 0. The first-order valence-electron chi connectivity index (χ1n) is 18.9. The monoisotopic (exact) mass is 701 g/mol. The van der Waals surface area contributed by atoms with Gasteiger partial charge < -0.3 is 9.32 Å². The third-order valence-corrected chi connectivity index (χ3v) is 11.5. The van der Waals surface area contributed by atoms with E-state index >= 15 is 0 Å². The van der Waals surface area contributed by atoms with Crippen molar-refractivity contribution in [1.82, 2.24) is 0 Å². The van der Waals surface area contributed by atoms with Crippen molar-refractivity contribution in [3.63, 3.8) is 0 Å². The van der Waals surface area contributed by atoms with E-state index < -0.39 is 5.41 Å². The Labute approximate surface area is 320 Å². The van der Waals surface area contributed by atoms with E-state index in [0.717, 1.165) is 39.0 Å². The Hall–Kier alpha value is -7.16. The van der Waals surface area contributed by atoms with Crippen molar-refractivity contribution in [2.24, 2.45) is 0 Å². The van der Waals surface area contributed by atoms with Gasteiger partial charge in [0.05, 0.1) is 5.41 Å². The van der Waals surface area contributed by atoms with Crippen molar-refractivity contribution in [3.05, 3.63) is 235 Å². The van der Waals surface area contributed by atoms with Gasteiger partial charge in [0, 0.05) is 33.9 Å². The summed E-state index contributed by atoms with van der Waals surface area (Å²) in [7, 11) is 0. The van der Waals surface area contributed by atoms with E-state index in [2.05, 4.69) is 205 Å². The Morgan fingerprint density at radius 3 is 1.75 bits per heavy atom. The van der Waals surface area contributed by atoms with Crippen LogP contribution in [0.4, 0.5) is 17.1 Å². The molecule has 1 aliphatic carbocycles. The lowest BCUT2D eigenvalue weighted by molar-refractivity contribution is 0.669. The minimum absolute atomic E-state index is 0.564. The fraction of sp³-hybridized carbons (Fsp3) is 0.0189. The average Bonchev–Trinajstić information content (AvgIpc) is 3.78. The molecule has 1 aromatic heterocycles. The first-order chi connectivity index (χ1) is 27.3. The number of benzene rings is 9. The highest BCUT2D eigenvalue weighted by Crippen LogP contribution is 2.59. The molecule has 1 heterocycles. The first kappa shape index (κ1) is 31.4. The molecule has 0 amide bonds. The molecule has 9 aromatic carbocycles. The summed E-state index contributed by atoms with van der Waals surface area (Å²) < 4.78 is 6.48. The highest BCUT2D eigenvalue weighted by atomic mass is 16.3. The summed E-state index contributed by atoms with van der Waals surface area (Å²) in [6.07, 6.45) is 0. The van der Waals surface area contributed by atoms with Crippen LogP contribution in [-0.2, 0) is 5.41 Å². The molecule has 0 radical (unpaired) electrons. The third kappa shape index (κ3) is 4.82. The van der Waals surface area contributed by atoms with Crippen LogP contribution in [0.5, 0.6) is 0 Å². The molecule has 55 heavy (non-hydrogen) atoms. The van der Waals surface area contributed by atoms with Crippen LogP contribution in [0.1, 0.15) is 22.3 Å². The summed E-state index contributed by atoms with van der Waals surface area (Å²) in [6, 6.07) is 77.2. The van der Waals surface area contributed by atoms with Crippen molar-refractivity contribution >= 4 is 49.8 Å². The Kier molecular flexibility index (Phi) is 7.11. The van der Waals surface area contributed by atoms with Gasteiger partial charge in [-0.1, -0.05) is 164 Å². The second-order valence-electron chi connectivity index (χ2n) is 14.5. The summed E-state index contributed by atoms with van der Waals surface area (Å²) in [4.78, 5) is 2.39. The molecular formula is C53H35NO. The molecule has 10 aromatic rings. The molecule has 11 rings (SSSR count). The largest absolute Gasteiger partial charge is 0.456 e. The number of anilines is 3. The molecule has 0 N–H and O–H groups in total. The van der Waals surface area contributed by atoms with E-state index in [1.54, 1.807) is 0 Å². The summed E-state index contributed by atoms with van der Waals surface area (Å²) in [5.41, 5.74) is 14.4. The van der Waals surface area contributed by atoms with E-state index in [4.69, 9.17) is 4.42 Å². The Morgan fingerprint density at radius 2 is 0.964 bits per heavy atom. The molecule has 0 aliphatic heterocycles. The lowest BCUT2D eigenvalue weighted by Gasteiger charge is -2.35. The van der Waals surface area contributed by atoms with Crippen LogP contribution < -0.4 is 4.90 Å². The molecular weight excluding hydrogens is 667 g/mol. The zero-order valence-corrected chi connectivity index (χ0v) is 30.1. The van der Waals surface area contributed by atoms with Gasteiger partial charge in [0.15, 0.2) is 0 Å². The Bertz CT molecular complexity index is 3000. The summed E-state index contributed by atoms with van der Waals surface area (Å²) in [5, 5.41) is 4.65. The maximum absolute atomic E-state index is 6.48. The van der Waals surface area contributed by atoms with Gasteiger partial charge in [0.25, 0.3) is 0 Å². The fourth-order valence-electron chi connectivity index (χ4n) is 9.14. The topological polar surface area (TPSA) is 16.4 Å². The van der Waals surface area contributed by atoms with Crippen LogP contribution in [0.3, 0.4) is 0 Å². The van der Waals surface area contributed by atoms with Crippen LogP contribution in [0.15, 0.2) is 217 Å². The van der Waals surface area contributed by atoms with Gasteiger partial charge in [0.2, 0.25) is 0 Å². The quantitative estimate of drug-likeness (QED) is 0.172. The summed E-state index contributed by atoms with van der Waals surface area (Å²) >= 11 is 0. The standard InChI is InChI=1S/C53H35NO/c1-4-16-37(17-5-1)44-24-14-25-48-52(44)47-32-30-42(34-49(47)53(48,39-19-6-2-7-20-39)40-21-8-3-9-22-40)54(41-28-27-36-15-10-11-18-38(36)33-41)43-29-31-46-45-23-12-13-26-50(45)55-51(46)35-43/h1-35H. The van der Waals surface area contributed by atoms with Crippen LogP contribution in [-0.4, -0.2) is 0 Å². The van der Waals surface area contributed by atoms with E-state index in [1.807, 2.05) is 12.1 Å². The molecule has 1 aliphatic rings. The van der Waals surface area contributed by atoms with Crippen LogP contribution >= 0.6 is 0 Å². The predicted molar refractivity (Wildman–Crippen MR) is 229 cm³/mol. The minimum Gasteiger partial charge on any atom is -0.456 e. The smallest absolute Gasteiger partial charge is 0.137 e. The predicted octanol–water partition coefficient (Wildman–Crippen LogP) is 14.2. The number of fused-ring (bicyclic) bond motifs is 7. The molecule has 0 saturated carbocycles. The zero-order chi connectivity index (χ0) is 36.3. The molecule has 2 heteroatoms. The number of furan rings is 1. The van der Waals surface area contributed by atoms with E-state index in [0.29, 0.717) is 0 Å². The van der Waals surface area contributed by atoms with Gasteiger partial charge >= 0.3 is 0 Å². The second-order valence-corrected chi connectivity index (χ2v) is 14.5. The normalized spacial score (nSPS) is 12.9. The lowest BCUT2D eigenvalue weighted by atomic mass is 9.67. The van der Waals surface area contributed by atoms with Gasteiger partial charge in [-0.2, -0.15) is 0 Å². The average molecular weight is 702 g/mol. The van der Waals surface area contributed by atoms with Gasteiger partial charge in [-0.3, -0.25) is 0 Å². The number of para-hydroxylation sites is 1. The molecule has 0 atom stereocenters. The molecule has 2 nitrogen and oxygen atoms in total. The number of nitrogens with zero attached hydrogens (tertiary/aromatic N) is 1. The fourth-order valence-corrected chi connectivity index (χ4v) is 9.14. The highest BCUT2D eigenvalue weighted by molar-refractivity contribution is 6.06. The van der Waals surface area contributed by atoms with E-state index in [-0.39, 0.29) is 0 Å². The van der Waals surface area contributed by atoms with Crippen molar-refractivity contribution in [2.45, 2.75) is 5.41 Å². The van der Waals surface area contributed by atoms with Gasteiger partial charge in [0.1, 0.15) is 11.2 Å². The van der Waals surface area contributed by atoms with Crippen LogP contribution in [0.2, 0.25) is 0 Å². The second kappa shape index (κ2) is 12.5. The van der Waals surface area contributed by atoms with Crippen molar-refractivity contribution in [1.29, 1.82) is 0 Å². The van der Waals surface area contributed by atoms with Crippen molar-refractivity contribution in [2.75, 3.05) is 4.90 Å². The zero-order valence-electron chi connectivity index (χ0n) is 30.1. The van der Waals surface area contributed by atoms with Gasteiger partial charge in [-0.25, -0.2) is 0 Å². The maximum Gasteiger partial charge on any atom is 0.137 e. The molecule has 0 spiro atoms. The Morgan fingerprint density at radius 1 is 0.364 bits per heavy atom. The van der Waals surface area contributed by atoms with E-state index in [1.165, 1.54) is 55.3 Å². The van der Waals surface area contributed by atoms with Crippen LogP contribution in [0, 0.1) is 0 Å². The number of hydrogen-bond donors (Lipinski definition) is 0. The van der Waals surface area contributed by atoms with E-state index in [9.17, 15) is 0 Å². The third-order valence-electron chi connectivity index (χ3n) is 11.5. The number of hydrogen-bond acceptors (Lipinski definition) is 2. The van der Waals surface area contributed by atoms with Gasteiger partial charge in [-0.05, 0) is 97.7 Å². The highest BCUT2D eigenvalue weighted by Gasteiger charge is 2.47. The minimum atomic E-state index is -0.564. The Balaban J connectivity index is 1.22. The van der Waals surface area contributed by atoms with Crippen LogP contribution in [0.25, 0.3) is 55.0 Å². The maximum atomic E-state index is 6.48.